The van der Waals surface area contributed by atoms with E-state index in [-0.39, 0.29) is 11.3 Å². The largest absolute Gasteiger partial charge is 0.273 e. The lowest BCUT2D eigenvalue weighted by Crippen LogP contribution is -2.28. The van der Waals surface area contributed by atoms with Crippen LogP contribution in [-0.4, -0.2) is 16.6 Å². The van der Waals surface area contributed by atoms with Crippen LogP contribution in [0, 0.1) is 0 Å². The third kappa shape index (κ3) is 2.62. The zero-order valence-corrected chi connectivity index (χ0v) is 14.8. The lowest BCUT2D eigenvalue weighted by atomic mass is 10.2. The van der Waals surface area contributed by atoms with Crippen LogP contribution in [0.4, 0.5) is 5.13 Å². The number of fused-ring (bicyclic) bond motifs is 1. The maximum Gasteiger partial charge on any atom is 0.240 e. The molecule has 1 saturated heterocycles. The number of para-hydroxylation sites is 1. The number of halogens is 2. The van der Waals surface area contributed by atoms with Crippen LogP contribution in [0.15, 0.2) is 42.5 Å². The molecule has 2 aromatic carbocycles. The Labute approximate surface area is 151 Å². The molecule has 7 heteroatoms. The van der Waals surface area contributed by atoms with Crippen molar-refractivity contribution in [1.29, 1.82) is 0 Å². The van der Waals surface area contributed by atoms with E-state index in [9.17, 15) is 4.79 Å². The molecule has 1 aliphatic heterocycles. The highest BCUT2D eigenvalue weighted by Gasteiger charge is 2.38. The molecule has 2 heterocycles. The van der Waals surface area contributed by atoms with Gasteiger partial charge < -0.3 is 0 Å². The van der Waals surface area contributed by atoms with Crippen molar-refractivity contribution in [3.8, 4) is 0 Å². The van der Waals surface area contributed by atoms with Gasteiger partial charge in [-0.3, -0.25) is 9.69 Å². The smallest absolute Gasteiger partial charge is 0.240 e. The average molecular weight is 381 g/mol. The van der Waals surface area contributed by atoms with Gasteiger partial charge in [0.05, 0.1) is 16.0 Å². The Balaban J connectivity index is 1.83. The Hall–Kier alpha value is -1.27. The summed E-state index contributed by atoms with van der Waals surface area (Å²) in [6, 6.07) is 13.2. The van der Waals surface area contributed by atoms with Crippen LogP contribution < -0.4 is 4.90 Å². The summed E-state index contributed by atoms with van der Waals surface area (Å²) in [5.41, 5.74) is 1.66. The van der Waals surface area contributed by atoms with Gasteiger partial charge in [0.25, 0.3) is 0 Å². The fourth-order valence-corrected chi connectivity index (χ4v) is 5.59. The highest BCUT2D eigenvalue weighted by molar-refractivity contribution is 8.00. The van der Waals surface area contributed by atoms with Crippen molar-refractivity contribution in [3.05, 3.63) is 58.1 Å². The monoisotopic (exact) mass is 380 g/mol. The summed E-state index contributed by atoms with van der Waals surface area (Å²) in [5, 5.41) is 1.57. The van der Waals surface area contributed by atoms with E-state index in [4.69, 9.17) is 23.2 Å². The summed E-state index contributed by atoms with van der Waals surface area (Å²) in [7, 11) is 0. The zero-order chi connectivity index (χ0) is 16.0. The van der Waals surface area contributed by atoms with E-state index in [0.29, 0.717) is 20.9 Å². The number of nitrogens with zero attached hydrogens (tertiary/aromatic N) is 2. The van der Waals surface area contributed by atoms with Gasteiger partial charge in [-0.2, -0.15) is 0 Å². The minimum Gasteiger partial charge on any atom is -0.273 e. The first-order valence-electron chi connectivity index (χ1n) is 6.88. The third-order valence-corrected chi connectivity index (χ3v) is 6.47. The van der Waals surface area contributed by atoms with Crippen molar-refractivity contribution in [2.45, 2.75) is 5.37 Å². The SMILES string of the molecule is O=C1CSC(c2c(Cl)cccc2Cl)N1c1nc2ccccc2s1. The topological polar surface area (TPSA) is 33.2 Å². The number of rotatable bonds is 2. The van der Waals surface area contributed by atoms with Crippen LogP contribution >= 0.6 is 46.3 Å². The molecule has 116 valence electrons. The van der Waals surface area contributed by atoms with Gasteiger partial charge in [-0.25, -0.2) is 4.98 Å². The van der Waals surface area contributed by atoms with Crippen molar-refractivity contribution < 1.29 is 4.79 Å². The summed E-state index contributed by atoms with van der Waals surface area (Å²) >= 11 is 15.7. The van der Waals surface area contributed by atoms with E-state index < -0.39 is 0 Å². The van der Waals surface area contributed by atoms with E-state index in [1.54, 1.807) is 23.1 Å². The second kappa shape index (κ2) is 5.98. The normalized spacial score (nSPS) is 18.1. The average Bonchev–Trinajstić information content (AvgIpc) is 3.10. The summed E-state index contributed by atoms with van der Waals surface area (Å²) in [4.78, 5) is 18.8. The minimum atomic E-state index is -0.246. The summed E-state index contributed by atoms with van der Waals surface area (Å²) in [6.07, 6.45) is 0. The molecule has 0 saturated carbocycles. The van der Waals surface area contributed by atoms with E-state index in [0.717, 1.165) is 15.8 Å². The molecule has 23 heavy (non-hydrogen) atoms. The molecule has 1 unspecified atom stereocenters. The first-order chi connectivity index (χ1) is 11.1. The number of hydrogen-bond acceptors (Lipinski definition) is 4. The van der Waals surface area contributed by atoms with Crippen LogP contribution in [0.3, 0.4) is 0 Å². The standard InChI is InChI=1S/C16H10Cl2N2OS2/c17-9-4-3-5-10(18)14(9)15-20(13(21)8-22-15)16-19-11-6-1-2-7-12(11)23-16/h1-7,15H,8H2. The Morgan fingerprint density at radius 1 is 1.09 bits per heavy atom. The second-order valence-corrected chi connectivity index (χ2v) is 7.92. The van der Waals surface area contributed by atoms with Crippen LogP contribution in [0.25, 0.3) is 10.2 Å². The number of thiazole rings is 1. The number of carbonyl (C=O) groups is 1. The van der Waals surface area contributed by atoms with E-state index in [1.165, 1.54) is 23.1 Å². The molecule has 1 amide bonds. The second-order valence-electron chi connectivity index (χ2n) is 5.03. The van der Waals surface area contributed by atoms with Gasteiger partial charge >= 0.3 is 0 Å². The molecule has 4 rings (SSSR count). The molecule has 1 aromatic heterocycles. The number of benzene rings is 2. The highest BCUT2D eigenvalue weighted by Crippen LogP contribution is 2.47. The number of carbonyl (C=O) groups excluding carboxylic acids is 1. The van der Waals surface area contributed by atoms with Gasteiger partial charge in [0.1, 0.15) is 5.37 Å². The Morgan fingerprint density at radius 2 is 1.83 bits per heavy atom. The zero-order valence-electron chi connectivity index (χ0n) is 11.7. The quantitative estimate of drug-likeness (QED) is 0.597. The Kier molecular flexibility index (Phi) is 3.97. The molecule has 0 bridgehead atoms. The van der Waals surface area contributed by atoms with Crippen molar-refractivity contribution in [2.75, 3.05) is 10.7 Å². The molecule has 1 fully saturated rings. The predicted molar refractivity (Wildman–Crippen MR) is 98.8 cm³/mol. The number of amides is 1. The maximum absolute atomic E-state index is 12.4. The van der Waals surface area contributed by atoms with Crippen molar-refractivity contribution >= 4 is 67.6 Å². The third-order valence-electron chi connectivity index (χ3n) is 3.60. The van der Waals surface area contributed by atoms with E-state index in [2.05, 4.69) is 4.98 Å². The predicted octanol–water partition coefficient (Wildman–Crippen LogP) is 5.38. The van der Waals surface area contributed by atoms with Crippen molar-refractivity contribution in [2.24, 2.45) is 0 Å². The molecular formula is C16H10Cl2N2OS2. The van der Waals surface area contributed by atoms with Crippen molar-refractivity contribution in [1.82, 2.24) is 4.98 Å². The number of thioether (sulfide) groups is 1. The molecule has 1 aliphatic rings. The van der Waals surface area contributed by atoms with Gasteiger partial charge in [0, 0.05) is 15.6 Å². The summed E-state index contributed by atoms with van der Waals surface area (Å²) < 4.78 is 1.05. The highest BCUT2D eigenvalue weighted by atomic mass is 35.5. The van der Waals surface area contributed by atoms with Gasteiger partial charge in [0.2, 0.25) is 5.91 Å². The summed E-state index contributed by atoms with van der Waals surface area (Å²) in [6.45, 7) is 0. The van der Waals surface area contributed by atoms with Crippen LogP contribution in [0.2, 0.25) is 10.0 Å². The molecule has 0 N–H and O–H groups in total. The van der Waals surface area contributed by atoms with Crippen LogP contribution in [0.1, 0.15) is 10.9 Å². The minimum absolute atomic E-state index is 0.0232. The molecule has 1 atom stereocenters. The molecule has 0 radical (unpaired) electrons. The fraction of sp³-hybridized carbons (Fsp3) is 0.125. The first kappa shape index (κ1) is 15.3. The number of hydrogen-bond donors (Lipinski definition) is 0. The lowest BCUT2D eigenvalue weighted by Gasteiger charge is -2.23. The lowest BCUT2D eigenvalue weighted by molar-refractivity contribution is -0.115. The first-order valence-corrected chi connectivity index (χ1v) is 9.50. The Morgan fingerprint density at radius 3 is 2.57 bits per heavy atom. The van der Waals surface area contributed by atoms with Gasteiger partial charge in [0.15, 0.2) is 5.13 Å². The van der Waals surface area contributed by atoms with Crippen LogP contribution in [-0.2, 0) is 4.79 Å². The number of anilines is 1. The molecule has 3 nitrogen and oxygen atoms in total. The number of aromatic nitrogens is 1. The summed E-state index contributed by atoms with van der Waals surface area (Å²) in [5.74, 6) is 0.414. The molecule has 0 aliphatic carbocycles. The van der Waals surface area contributed by atoms with Crippen LogP contribution in [0.5, 0.6) is 0 Å². The van der Waals surface area contributed by atoms with Crippen molar-refractivity contribution in [3.63, 3.8) is 0 Å². The van der Waals surface area contributed by atoms with E-state index in [1.807, 2.05) is 24.3 Å². The van der Waals surface area contributed by atoms with Gasteiger partial charge in [-0.05, 0) is 24.3 Å². The fourth-order valence-electron chi connectivity index (χ4n) is 2.55. The van der Waals surface area contributed by atoms with Gasteiger partial charge in [-0.15, -0.1) is 11.8 Å². The molecular weight excluding hydrogens is 371 g/mol. The van der Waals surface area contributed by atoms with E-state index >= 15 is 0 Å². The van der Waals surface area contributed by atoms with Gasteiger partial charge in [-0.1, -0.05) is 52.7 Å². The Bertz CT molecular complexity index is 859. The molecule has 3 aromatic rings. The molecule has 0 spiro atoms. The maximum atomic E-state index is 12.4.